The predicted octanol–water partition coefficient (Wildman–Crippen LogP) is 1.60. The molecule has 2 nitrogen and oxygen atoms in total. The van der Waals surface area contributed by atoms with Gasteiger partial charge in [0.2, 0.25) is 0 Å². The zero-order valence-corrected chi connectivity index (χ0v) is 8.18. The highest BCUT2D eigenvalue weighted by Gasteiger charge is 2.23. The van der Waals surface area contributed by atoms with E-state index in [1.54, 1.807) is 11.1 Å². The lowest BCUT2D eigenvalue weighted by molar-refractivity contribution is 0.267. The number of aliphatic hydroxyl groups is 1. The zero-order chi connectivity index (χ0) is 9.10. The van der Waals surface area contributed by atoms with Crippen molar-refractivity contribution >= 4 is 0 Å². The topological polar surface area (TPSA) is 32.3 Å². The minimum atomic E-state index is 0.314. The Kier molecular flexibility index (Phi) is 3.01. The fourth-order valence-corrected chi connectivity index (χ4v) is 2.62. The maximum Gasteiger partial charge on any atom is 0.0449 e. The SMILES string of the molecule is OCCC1NCCC2=C1CCCC2. The summed E-state index contributed by atoms with van der Waals surface area (Å²) < 4.78 is 0. The van der Waals surface area contributed by atoms with Crippen LogP contribution in [0.3, 0.4) is 0 Å². The summed E-state index contributed by atoms with van der Waals surface area (Å²) in [6.45, 7) is 1.43. The molecular formula is C11H19NO. The van der Waals surface area contributed by atoms with Crippen molar-refractivity contribution in [3.05, 3.63) is 11.1 Å². The molecule has 1 aliphatic carbocycles. The number of nitrogens with one attached hydrogen (secondary N) is 1. The molecule has 0 saturated carbocycles. The molecule has 2 rings (SSSR count). The number of hydrogen-bond donors (Lipinski definition) is 2. The van der Waals surface area contributed by atoms with Crippen molar-refractivity contribution in [3.8, 4) is 0 Å². The van der Waals surface area contributed by atoms with Crippen molar-refractivity contribution in [1.29, 1.82) is 0 Å². The van der Waals surface area contributed by atoms with Gasteiger partial charge in [0.05, 0.1) is 0 Å². The minimum Gasteiger partial charge on any atom is -0.396 e. The van der Waals surface area contributed by atoms with Crippen LogP contribution in [0.4, 0.5) is 0 Å². The molecule has 0 radical (unpaired) electrons. The fourth-order valence-electron chi connectivity index (χ4n) is 2.62. The standard InChI is InChI=1S/C11H19NO/c13-8-6-11-10-4-2-1-3-9(10)5-7-12-11/h11-13H,1-8H2. The lowest BCUT2D eigenvalue weighted by Gasteiger charge is -2.32. The van der Waals surface area contributed by atoms with E-state index in [1.807, 2.05) is 0 Å². The summed E-state index contributed by atoms with van der Waals surface area (Å²) in [4.78, 5) is 0. The number of hydrogen-bond acceptors (Lipinski definition) is 2. The van der Waals surface area contributed by atoms with Gasteiger partial charge in [0, 0.05) is 12.6 Å². The van der Waals surface area contributed by atoms with Crippen LogP contribution in [0, 0.1) is 0 Å². The van der Waals surface area contributed by atoms with Crippen LogP contribution in [0.25, 0.3) is 0 Å². The van der Waals surface area contributed by atoms with E-state index in [2.05, 4.69) is 5.32 Å². The van der Waals surface area contributed by atoms with E-state index in [4.69, 9.17) is 5.11 Å². The van der Waals surface area contributed by atoms with Crippen LogP contribution in [0.2, 0.25) is 0 Å². The Hall–Kier alpha value is -0.340. The van der Waals surface area contributed by atoms with Crippen molar-refractivity contribution in [2.45, 2.75) is 44.6 Å². The molecule has 0 amide bonds. The van der Waals surface area contributed by atoms with Gasteiger partial charge in [-0.2, -0.15) is 0 Å². The predicted molar refractivity (Wildman–Crippen MR) is 53.6 cm³/mol. The van der Waals surface area contributed by atoms with Gasteiger partial charge in [0.1, 0.15) is 0 Å². The molecule has 13 heavy (non-hydrogen) atoms. The smallest absolute Gasteiger partial charge is 0.0449 e. The van der Waals surface area contributed by atoms with Crippen molar-refractivity contribution in [2.75, 3.05) is 13.2 Å². The molecule has 0 aromatic rings. The second-order valence-electron chi connectivity index (χ2n) is 4.10. The monoisotopic (exact) mass is 181 g/mol. The van der Waals surface area contributed by atoms with E-state index in [0.717, 1.165) is 13.0 Å². The van der Waals surface area contributed by atoms with E-state index in [-0.39, 0.29) is 0 Å². The third kappa shape index (κ3) is 1.94. The average molecular weight is 181 g/mol. The van der Waals surface area contributed by atoms with E-state index >= 15 is 0 Å². The average Bonchev–Trinajstić information content (AvgIpc) is 2.19. The van der Waals surface area contributed by atoms with E-state index < -0.39 is 0 Å². The molecule has 0 aromatic carbocycles. The third-order valence-electron chi connectivity index (χ3n) is 3.28. The normalized spacial score (nSPS) is 28.8. The first-order valence-corrected chi connectivity index (χ1v) is 5.47. The Balaban J connectivity index is 2.10. The van der Waals surface area contributed by atoms with E-state index in [9.17, 15) is 0 Å². The molecular weight excluding hydrogens is 162 g/mol. The van der Waals surface area contributed by atoms with Gasteiger partial charge in [-0.05, 0) is 45.1 Å². The highest BCUT2D eigenvalue weighted by Crippen LogP contribution is 2.32. The first-order chi connectivity index (χ1) is 6.42. The van der Waals surface area contributed by atoms with Gasteiger partial charge in [-0.15, -0.1) is 0 Å². The summed E-state index contributed by atoms with van der Waals surface area (Å²) in [5.41, 5.74) is 3.33. The van der Waals surface area contributed by atoms with Gasteiger partial charge in [0.15, 0.2) is 0 Å². The van der Waals surface area contributed by atoms with Gasteiger partial charge in [0.25, 0.3) is 0 Å². The second-order valence-corrected chi connectivity index (χ2v) is 4.10. The summed E-state index contributed by atoms with van der Waals surface area (Å²) in [6.07, 6.45) is 7.47. The summed E-state index contributed by atoms with van der Waals surface area (Å²) in [6, 6.07) is 0.494. The van der Waals surface area contributed by atoms with Crippen molar-refractivity contribution in [2.24, 2.45) is 0 Å². The summed E-state index contributed by atoms with van der Waals surface area (Å²) >= 11 is 0. The molecule has 74 valence electrons. The molecule has 1 unspecified atom stereocenters. The Morgan fingerprint density at radius 1 is 1.23 bits per heavy atom. The first kappa shape index (κ1) is 9.22. The van der Waals surface area contributed by atoms with Crippen molar-refractivity contribution in [1.82, 2.24) is 5.32 Å². The third-order valence-corrected chi connectivity index (χ3v) is 3.28. The van der Waals surface area contributed by atoms with Crippen LogP contribution in [-0.2, 0) is 0 Å². The molecule has 1 heterocycles. The fraction of sp³-hybridized carbons (Fsp3) is 0.818. The molecule has 0 aromatic heterocycles. The lowest BCUT2D eigenvalue weighted by Crippen LogP contribution is -2.38. The van der Waals surface area contributed by atoms with Gasteiger partial charge >= 0.3 is 0 Å². The van der Waals surface area contributed by atoms with Crippen LogP contribution >= 0.6 is 0 Å². The zero-order valence-electron chi connectivity index (χ0n) is 8.18. The Labute approximate surface area is 80.0 Å². The number of aliphatic hydroxyl groups excluding tert-OH is 1. The van der Waals surface area contributed by atoms with Crippen LogP contribution in [0.15, 0.2) is 11.1 Å². The molecule has 0 bridgehead atoms. The number of rotatable bonds is 2. The molecule has 0 fully saturated rings. The van der Waals surface area contributed by atoms with Gasteiger partial charge in [-0.25, -0.2) is 0 Å². The van der Waals surface area contributed by atoms with E-state index in [0.29, 0.717) is 12.6 Å². The Bertz CT molecular complexity index is 206. The molecule has 2 N–H and O–H groups in total. The van der Waals surface area contributed by atoms with Gasteiger partial charge in [-0.3, -0.25) is 0 Å². The minimum absolute atomic E-state index is 0.314. The summed E-state index contributed by atoms with van der Waals surface area (Å²) in [5.74, 6) is 0. The molecule has 1 aliphatic heterocycles. The van der Waals surface area contributed by atoms with Gasteiger partial charge < -0.3 is 10.4 Å². The maximum atomic E-state index is 8.95. The molecule has 0 saturated heterocycles. The summed E-state index contributed by atoms with van der Waals surface area (Å²) in [5, 5.41) is 12.4. The highest BCUT2D eigenvalue weighted by atomic mass is 16.3. The lowest BCUT2D eigenvalue weighted by atomic mass is 9.82. The van der Waals surface area contributed by atoms with Crippen molar-refractivity contribution in [3.63, 3.8) is 0 Å². The Morgan fingerprint density at radius 2 is 2.08 bits per heavy atom. The maximum absolute atomic E-state index is 8.95. The molecule has 0 spiro atoms. The van der Waals surface area contributed by atoms with Crippen LogP contribution < -0.4 is 5.32 Å². The van der Waals surface area contributed by atoms with E-state index in [1.165, 1.54) is 32.1 Å². The molecule has 1 atom stereocenters. The van der Waals surface area contributed by atoms with Gasteiger partial charge in [-0.1, -0.05) is 11.1 Å². The summed E-state index contributed by atoms with van der Waals surface area (Å²) in [7, 11) is 0. The second kappa shape index (κ2) is 4.25. The van der Waals surface area contributed by atoms with Crippen LogP contribution in [-0.4, -0.2) is 24.3 Å². The van der Waals surface area contributed by atoms with Crippen LogP contribution in [0.5, 0.6) is 0 Å². The van der Waals surface area contributed by atoms with Crippen molar-refractivity contribution < 1.29 is 5.11 Å². The molecule has 2 heteroatoms. The largest absolute Gasteiger partial charge is 0.396 e. The quantitative estimate of drug-likeness (QED) is 0.634. The van der Waals surface area contributed by atoms with Crippen LogP contribution in [0.1, 0.15) is 38.5 Å². The molecule has 2 aliphatic rings. The highest BCUT2D eigenvalue weighted by molar-refractivity contribution is 5.25. The Morgan fingerprint density at radius 3 is 2.92 bits per heavy atom. The first-order valence-electron chi connectivity index (χ1n) is 5.47.